The maximum atomic E-state index is 13.9. The van der Waals surface area contributed by atoms with Crippen LogP contribution in [-0.2, 0) is 9.59 Å². The van der Waals surface area contributed by atoms with Crippen LogP contribution in [0.1, 0.15) is 65.5 Å². The van der Waals surface area contributed by atoms with Crippen LogP contribution >= 0.6 is 0 Å². The molecule has 1 spiro atoms. The number of likely N-dealkylation sites (N-methyl/N-ethyl adjacent to an activating group) is 1. The van der Waals surface area contributed by atoms with E-state index >= 15 is 0 Å². The Morgan fingerprint density at radius 3 is 2.39 bits per heavy atom. The van der Waals surface area contributed by atoms with Crippen LogP contribution in [0.25, 0.3) is 0 Å². The highest BCUT2D eigenvalue weighted by Gasteiger charge is 2.55. The second-order valence-electron chi connectivity index (χ2n) is 11.9. The molecule has 1 heterocycles. The van der Waals surface area contributed by atoms with Gasteiger partial charge in [0.15, 0.2) is 0 Å². The van der Waals surface area contributed by atoms with E-state index in [1.807, 2.05) is 26.8 Å². The highest BCUT2D eigenvalue weighted by Crippen LogP contribution is 2.47. The molecular weight excluding hydrogens is 488 g/mol. The van der Waals surface area contributed by atoms with Crippen LogP contribution < -0.4 is 5.32 Å². The lowest BCUT2D eigenvalue weighted by Gasteiger charge is -2.34. The third kappa shape index (κ3) is 5.18. The van der Waals surface area contributed by atoms with Gasteiger partial charge >= 0.3 is 6.03 Å². The van der Waals surface area contributed by atoms with E-state index in [-0.39, 0.29) is 30.3 Å². The number of benzene rings is 1. The van der Waals surface area contributed by atoms with Crippen LogP contribution in [0.2, 0.25) is 0 Å². The van der Waals surface area contributed by atoms with Crippen molar-refractivity contribution in [3.05, 3.63) is 70.8 Å². The zero-order chi connectivity index (χ0) is 28.0. The van der Waals surface area contributed by atoms with Crippen molar-refractivity contribution in [3.63, 3.8) is 0 Å². The average Bonchev–Trinajstić information content (AvgIpc) is 3.24. The summed E-state index contributed by atoms with van der Waals surface area (Å²) in [7, 11) is 1.67. The Morgan fingerprint density at radius 2 is 1.82 bits per heavy atom. The fourth-order valence-corrected chi connectivity index (χ4v) is 5.63. The molecule has 2 aliphatic carbocycles. The number of nitrogens with one attached hydrogen (secondary N) is 1. The summed E-state index contributed by atoms with van der Waals surface area (Å²) in [5.74, 6) is -1.36. The molecule has 0 radical (unpaired) electrons. The van der Waals surface area contributed by atoms with Gasteiger partial charge in [0.05, 0.1) is 6.04 Å². The summed E-state index contributed by atoms with van der Waals surface area (Å²) in [5.41, 5.74) is 1.04. The van der Waals surface area contributed by atoms with Gasteiger partial charge in [-0.25, -0.2) is 13.6 Å². The Hall–Kier alpha value is -3.29. The quantitative estimate of drug-likeness (QED) is 0.397. The van der Waals surface area contributed by atoms with Gasteiger partial charge in [-0.3, -0.25) is 14.9 Å². The monoisotopic (exact) mass is 525 g/mol. The Bertz CT molecular complexity index is 1230. The number of nitrogens with zero attached hydrogens (tertiary/aromatic N) is 2. The van der Waals surface area contributed by atoms with Gasteiger partial charge in [0, 0.05) is 37.9 Å². The minimum atomic E-state index is -0.866. The molecule has 8 heteroatoms. The van der Waals surface area contributed by atoms with E-state index in [1.54, 1.807) is 18.9 Å². The summed E-state index contributed by atoms with van der Waals surface area (Å²) >= 11 is 0. The number of hydrogen-bond acceptors (Lipinski definition) is 3. The highest BCUT2D eigenvalue weighted by molar-refractivity contribution is 6.07. The number of imide groups is 1. The predicted molar refractivity (Wildman–Crippen MR) is 142 cm³/mol. The number of rotatable bonds is 5. The fraction of sp³-hybridized carbons (Fsp3) is 0.500. The Morgan fingerprint density at radius 1 is 1.18 bits per heavy atom. The third-order valence-electron chi connectivity index (χ3n) is 8.15. The van der Waals surface area contributed by atoms with Crippen molar-refractivity contribution in [2.75, 3.05) is 13.6 Å². The molecular formula is C30H37F2N3O3. The maximum Gasteiger partial charge on any atom is 0.324 e. The van der Waals surface area contributed by atoms with Crippen LogP contribution in [0.5, 0.6) is 0 Å². The van der Waals surface area contributed by atoms with Gasteiger partial charge in [-0.15, -0.1) is 0 Å². The van der Waals surface area contributed by atoms with E-state index in [1.165, 1.54) is 17.0 Å². The van der Waals surface area contributed by atoms with Crippen LogP contribution in [0.3, 0.4) is 0 Å². The fourth-order valence-electron chi connectivity index (χ4n) is 5.63. The zero-order valence-corrected chi connectivity index (χ0v) is 23.0. The summed E-state index contributed by atoms with van der Waals surface area (Å²) in [6.07, 6.45) is 10.2. The van der Waals surface area contributed by atoms with Gasteiger partial charge in [0.1, 0.15) is 17.2 Å². The summed E-state index contributed by atoms with van der Waals surface area (Å²) < 4.78 is 27.9. The molecule has 4 unspecified atom stereocenters. The van der Waals surface area contributed by atoms with Gasteiger partial charge in [0.25, 0.3) is 5.91 Å². The third-order valence-corrected chi connectivity index (χ3v) is 8.15. The topological polar surface area (TPSA) is 69.7 Å². The second-order valence-corrected chi connectivity index (χ2v) is 11.9. The standard InChI is InChI=1S/C30H37F2N3O3/c1-18-9-10-21-16-30(26(36)33-28(38)34(30)6)17-23(21)12-20(18)8-7-11-35(27(37)29(3,4)5)19(2)22-13-24(31)15-25(32)14-22/h7-8,10,12-15,18-20H,9,11,16-17H2,1-6H3,(H,33,36,38). The molecule has 38 heavy (non-hydrogen) atoms. The Labute approximate surface area is 223 Å². The first kappa shape index (κ1) is 27.7. The Balaban J connectivity index is 1.57. The van der Waals surface area contributed by atoms with Crippen LogP contribution in [0, 0.1) is 28.9 Å². The molecule has 0 aromatic heterocycles. The molecule has 1 aromatic carbocycles. The van der Waals surface area contributed by atoms with Crippen molar-refractivity contribution in [2.24, 2.45) is 17.3 Å². The first-order chi connectivity index (χ1) is 17.7. The second kappa shape index (κ2) is 10.1. The van der Waals surface area contributed by atoms with E-state index in [0.717, 1.165) is 23.6 Å². The van der Waals surface area contributed by atoms with Gasteiger partial charge in [0.2, 0.25) is 5.91 Å². The van der Waals surface area contributed by atoms with E-state index in [0.29, 0.717) is 24.3 Å². The lowest BCUT2D eigenvalue weighted by atomic mass is 9.89. The molecule has 3 aliphatic rings. The van der Waals surface area contributed by atoms with Gasteiger partial charge in [-0.05, 0) is 54.0 Å². The number of hydrogen-bond donors (Lipinski definition) is 1. The molecule has 4 rings (SSSR count). The van der Waals surface area contributed by atoms with Crippen LogP contribution in [0.15, 0.2) is 53.6 Å². The number of allylic oxidation sites excluding steroid dienone is 3. The van der Waals surface area contributed by atoms with Crippen molar-refractivity contribution in [1.82, 2.24) is 15.1 Å². The smallest absolute Gasteiger partial charge is 0.324 e. The summed E-state index contributed by atoms with van der Waals surface area (Å²) in [6, 6.07) is 2.46. The molecule has 4 amide bonds. The molecule has 1 saturated heterocycles. The average molecular weight is 526 g/mol. The lowest BCUT2D eigenvalue weighted by Crippen LogP contribution is -2.45. The number of fused-ring (bicyclic) bond motifs is 1. The Kier molecular flexibility index (Phi) is 7.38. The SMILES string of the molecule is CC1CC=C2CC3(CC2=CC1C=CCN(C(=O)C(C)(C)C)C(C)c1cc(F)cc(F)c1)C(=O)NC(=O)N3C. The first-order valence-corrected chi connectivity index (χ1v) is 13.2. The minimum absolute atomic E-state index is 0.0629. The highest BCUT2D eigenvalue weighted by atomic mass is 19.1. The maximum absolute atomic E-state index is 13.9. The predicted octanol–water partition coefficient (Wildman–Crippen LogP) is 5.68. The molecule has 1 saturated carbocycles. The molecule has 1 aromatic rings. The van der Waals surface area contributed by atoms with E-state index < -0.39 is 28.6 Å². The summed E-state index contributed by atoms with van der Waals surface area (Å²) in [6.45, 7) is 9.70. The minimum Gasteiger partial charge on any atom is -0.332 e. The van der Waals surface area contributed by atoms with Crippen LogP contribution in [-0.4, -0.2) is 46.8 Å². The van der Waals surface area contributed by atoms with Crippen LogP contribution in [0.4, 0.5) is 13.6 Å². The number of amides is 4. The van der Waals surface area contributed by atoms with Gasteiger partial charge in [-0.1, -0.05) is 52.0 Å². The molecule has 1 N–H and O–H groups in total. The van der Waals surface area contributed by atoms with E-state index in [4.69, 9.17) is 0 Å². The largest absolute Gasteiger partial charge is 0.332 e. The molecule has 4 atom stereocenters. The summed E-state index contributed by atoms with van der Waals surface area (Å²) in [4.78, 5) is 41.3. The number of urea groups is 1. The number of carbonyl (C=O) groups is 3. The summed E-state index contributed by atoms with van der Waals surface area (Å²) in [5, 5.41) is 2.44. The van der Waals surface area contributed by atoms with Crippen molar-refractivity contribution >= 4 is 17.8 Å². The number of halogens is 2. The van der Waals surface area contributed by atoms with E-state index in [2.05, 4.69) is 30.5 Å². The lowest BCUT2D eigenvalue weighted by molar-refractivity contribution is -0.141. The van der Waals surface area contributed by atoms with Crippen molar-refractivity contribution in [3.8, 4) is 0 Å². The molecule has 0 bridgehead atoms. The van der Waals surface area contributed by atoms with E-state index in [9.17, 15) is 23.2 Å². The van der Waals surface area contributed by atoms with Gasteiger partial charge in [-0.2, -0.15) is 0 Å². The number of carbonyl (C=O) groups excluding carboxylic acids is 3. The normalized spacial score (nSPS) is 26.3. The molecule has 204 valence electrons. The van der Waals surface area contributed by atoms with Crippen molar-refractivity contribution < 1.29 is 23.2 Å². The van der Waals surface area contributed by atoms with Gasteiger partial charge < -0.3 is 9.80 Å². The molecule has 1 aliphatic heterocycles. The zero-order valence-electron chi connectivity index (χ0n) is 23.0. The first-order valence-electron chi connectivity index (χ1n) is 13.2. The molecule has 2 fully saturated rings. The van der Waals surface area contributed by atoms with Crippen molar-refractivity contribution in [2.45, 2.75) is 65.5 Å². The van der Waals surface area contributed by atoms with Crippen molar-refractivity contribution in [1.29, 1.82) is 0 Å². The molecule has 6 nitrogen and oxygen atoms in total.